The van der Waals surface area contributed by atoms with Crippen LogP contribution in [0.1, 0.15) is 17.5 Å². The van der Waals surface area contributed by atoms with Crippen molar-refractivity contribution < 1.29 is 14.0 Å². The molecule has 0 atom stereocenters. The predicted molar refractivity (Wildman–Crippen MR) is 111 cm³/mol. The number of hydrogen-bond acceptors (Lipinski definition) is 5. The summed E-state index contributed by atoms with van der Waals surface area (Å²) < 4.78 is 14.1. The van der Waals surface area contributed by atoms with Gasteiger partial charge >= 0.3 is 0 Å². The number of amides is 2. The molecule has 0 saturated heterocycles. The van der Waals surface area contributed by atoms with Crippen LogP contribution in [0.5, 0.6) is 0 Å². The summed E-state index contributed by atoms with van der Waals surface area (Å²) in [7, 11) is 1.73. The van der Waals surface area contributed by atoms with Crippen LogP contribution in [0.3, 0.4) is 0 Å². The minimum absolute atomic E-state index is 0.145. The Balaban J connectivity index is 1.73. The van der Waals surface area contributed by atoms with Gasteiger partial charge in [-0.05, 0) is 29.7 Å². The standard InChI is InChI=1S/C20H18FN3O2S2/c1-14(25)24(18-8-4-3-7-17(18)21)20-22-15(13-28-20)9-10-19(26)23(2)12-16-6-5-11-27-16/h3-11,13H,12H2,1-2H3/b10-9+. The fourth-order valence-corrected chi connectivity index (χ4v) is 4.10. The average Bonchev–Trinajstić information content (AvgIpc) is 3.33. The molecule has 0 aliphatic rings. The summed E-state index contributed by atoms with van der Waals surface area (Å²) in [6.45, 7) is 1.89. The number of thiophene rings is 1. The van der Waals surface area contributed by atoms with Crippen LogP contribution >= 0.6 is 22.7 Å². The second-order valence-corrected chi connectivity index (χ2v) is 7.84. The fourth-order valence-electron chi connectivity index (χ4n) is 2.49. The molecule has 144 valence electrons. The van der Waals surface area contributed by atoms with Crippen molar-refractivity contribution in [2.45, 2.75) is 13.5 Å². The van der Waals surface area contributed by atoms with Crippen LogP contribution in [0.2, 0.25) is 0 Å². The van der Waals surface area contributed by atoms with Gasteiger partial charge in [-0.2, -0.15) is 0 Å². The maximum atomic E-state index is 14.1. The van der Waals surface area contributed by atoms with Gasteiger partial charge in [0.2, 0.25) is 11.8 Å². The minimum atomic E-state index is -0.504. The van der Waals surface area contributed by atoms with Gasteiger partial charge in [-0.25, -0.2) is 9.37 Å². The number of thiazole rings is 1. The first-order chi connectivity index (χ1) is 13.5. The average molecular weight is 416 g/mol. The van der Waals surface area contributed by atoms with Crippen LogP contribution in [0.4, 0.5) is 15.2 Å². The third kappa shape index (κ3) is 4.71. The van der Waals surface area contributed by atoms with Crippen LogP contribution in [-0.2, 0) is 16.1 Å². The van der Waals surface area contributed by atoms with E-state index in [9.17, 15) is 14.0 Å². The summed E-state index contributed by atoms with van der Waals surface area (Å²) in [5, 5.41) is 4.03. The number of nitrogens with zero attached hydrogens (tertiary/aromatic N) is 3. The van der Waals surface area contributed by atoms with Gasteiger partial charge in [-0.1, -0.05) is 18.2 Å². The molecule has 2 amide bonds. The highest BCUT2D eigenvalue weighted by molar-refractivity contribution is 7.14. The number of benzene rings is 1. The van der Waals surface area contributed by atoms with E-state index in [0.29, 0.717) is 17.4 Å². The number of halogens is 1. The minimum Gasteiger partial charge on any atom is -0.337 e. The molecule has 0 aliphatic carbocycles. The number of anilines is 2. The van der Waals surface area contributed by atoms with E-state index < -0.39 is 5.82 Å². The molecule has 0 bridgehead atoms. The van der Waals surface area contributed by atoms with Crippen LogP contribution in [0.25, 0.3) is 6.08 Å². The zero-order valence-corrected chi connectivity index (χ0v) is 17.0. The molecule has 0 fully saturated rings. The molecule has 0 radical (unpaired) electrons. The van der Waals surface area contributed by atoms with Crippen LogP contribution < -0.4 is 4.90 Å². The van der Waals surface area contributed by atoms with Crippen LogP contribution in [-0.4, -0.2) is 28.7 Å². The maximum absolute atomic E-state index is 14.1. The monoisotopic (exact) mass is 415 g/mol. The Labute approximate surface area is 170 Å². The van der Waals surface area contributed by atoms with Gasteiger partial charge < -0.3 is 4.90 Å². The predicted octanol–water partition coefficient (Wildman–Crippen LogP) is 4.70. The zero-order chi connectivity index (χ0) is 20.1. The molecule has 2 heterocycles. The first kappa shape index (κ1) is 19.9. The normalized spacial score (nSPS) is 11.0. The number of rotatable bonds is 6. The quantitative estimate of drug-likeness (QED) is 0.549. The molecule has 0 spiro atoms. The summed E-state index contributed by atoms with van der Waals surface area (Å²) in [5.41, 5.74) is 0.673. The molecule has 2 aromatic heterocycles. The lowest BCUT2D eigenvalue weighted by Crippen LogP contribution is -2.23. The highest BCUT2D eigenvalue weighted by Gasteiger charge is 2.20. The van der Waals surface area contributed by atoms with E-state index in [1.165, 1.54) is 41.4 Å². The molecule has 0 N–H and O–H groups in total. The molecule has 3 rings (SSSR count). The van der Waals surface area contributed by atoms with E-state index in [4.69, 9.17) is 0 Å². The molecule has 0 saturated carbocycles. The number of aromatic nitrogens is 1. The van der Waals surface area contributed by atoms with Crippen molar-refractivity contribution in [3.05, 3.63) is 69.6 Å². The lowest BCUT2D eigenvalue weighted by atomic mass is 10.3. The first-order valence-corrected chi connectivity index (χ1v) is 10.2. The fraction of sp³-hybridized carbons (Fsp3) is 0.150. The van der Waals surface area contributed by atoms with Gasteiger partial charge in [0.15, 0.2) is 5.13 Å². The number of para-hydroxylation sites is 1. The molecular weight excluding hydrogens is 397 g/mol. The second kappa shape index (κ2) is 8.90. The molecule has 28 heavy (non-hydrogen) atoms. The van der Waals surface area contributed by atoms with Crippen LogP contribution in [0.15, 0.2) is 53.2 Å². The maximum Gasteiger partial charge on any atom is 0.246 e. The van der Waals surface area contributed by atoms with Gasteiger partial charge in [-0.15, -0.1) is 22.7 Å². The Kier molecular flexibility index (Phi) is 6.33. The van der Waals surface area contributed by atoms with Gasteiger partial charge in [0.25, 0.3) is 0 Å². The van der Waals surface area contributed by atoms with Crippen molar-refractivity contribution in [2.24, 2.45) is 0 Å². The first-order valence-electron chi connectivity index (χ1n) is 8.42. The van der Waals surface area contributed by atoms with Crippen molar-refractivity contribution in [1.29, 1.82) is 0 Å². The SMILES string of the molecule is CC(=O)N(c1nc(/C=C/C(=O)N(C)Cc2cccs2)cs1)c1ccccc1F. The lowest BCUT2D eigenvalue weighted by Gasteiger charge is -2.18. The third-order valence-corrected chi connectivity index (χ3v) is 5.56. The number of likely N-dealkylation sites (N-methyl/N-ethyl adjacent to an activating group) is 1. The lowest BCUT2D eigenvalue weighted by molar-refractivity contribution is -0.125. The summed E-state index contributed by atoms with van der Waals surface area (Å²) in [4.78, 5) is 32.6. The summed E-state index contributed by atoms with van der Waals surface area (Å²) in [6, 6.07) is 9.96. The summed E-state index contributed by atoms with van der Waals surface area (Å²) in [6.07, 6.45) is 3.03. The van der Waals surface area contributed by atoms with Gasteiger partial charge in [0.1, 0.15) is 5.82 Å². The summed E-state index contributed by atoms with van der Waals surface area (Å²) >= 11 is 2.80. The number of carbonyl (C=O) groups is 2. The van der Waals surface area contributed by atoms with Crippen molar-refractivity contribution in [1.82, 2.24) is 9.88 Å². The topological polar surface area (TPSA) is 53.5 Å². The van der Waals surface area contributed by atoms with Gasteiger partial charge in [-0.3, -0.25) is 14.5 Å². The molecule has 0 aliphatic heterocycles. The molecule has 1 aromatic carbocycles. The Morgan fingerprint density at radius 2 is 1.96 bits per heavy atom. The number of carbonyl (C=O) groups excluding carboxylic acids is 2. The van der Waals surface area contributed by atoms with E-state index >= 15 is 0 Å². The molecular formula is C20H18FN3O2S2. The van der Waals surface area contributed by atoms with Crippen molar-refractivity contribution >= 4 is 51.4 Å². The van der Waals surface area contributed by atoms with Crippen LogP contribution in [0, 0.1) is 5.82 Å². The Morgan fingerprint density at radius 1 is 1.18 bits per heavy atom. The largest absolute Gasteiger partial charge is 0.337 e. The van der Waals surface area contributed by atoms with E-state index in [1.807, 2.05) is 17.5 Å². The van der Waals surface area contributed by atoms with Crippen molar-refractivity contribution in [3.63, 3.8) is 0 Å². The third-order valence-electron chi connectivity index (χ3n) is 3.86. The molecule has 0 unspecified atom stereocenters. The Morgan fingerprint density at radius 3 is 2.64 bits per heavy atom. The van der Waals surface area contributed by atoms with E-state index in [-0.39, 0.29) is 17.5 Å². The highest BCUT2D eigenvalue weighted by Crippen LogP contribution is 2.31. The molecule has 8 heteroatoms. The van der Waals surface area contributed by atoms with Gasteiger partial charge in [0, 0.05) is 30.3 Å². The second-order valence-electron chi connectivity index (χ2n) is 5.97. The molecule has 3 aromatic rings. The Bertz CT molecular complexity index is 999. The van der Waals surface area contributed by atoms with Crippen molar-refractivity contribution in [3.8, 4) is 0 Å². The summed E-state index contributed by atoms with van der Waals surface area (Å²) in [5.74, 6) is -1.00. The highest BCUT2D eigenvalue weighted by atomic mass is 32.1. The smallest absolute Gasteiger partial charge is 0.246 e. The van der Waals surface area contributed by atoms with Gasteiger partial charge in [0.05, 0.1) is 17.9 Å². The molecule has 5 nitrogen and oxygen atoms in total. The van der Waals surface area contributed by atoms with E-state index in [1.54, 1.807) is 46.9 Å². The zero-order valence-electron chi connectivity index (χ0n) is 15.3. The van der Waals surface area contributed by atoms with Crippen molar-refractivity contribution in [2.75, 3.05) is 11.9 Å². The number of hydrogen-bond donors (Lipinski definition) is 0. The Hall–Kier alpha value is -2.84. The van der Waals surface area contributed by atoms with E-state index in [0.717, 1.165) is 4.88 Å². The van der Waals surface area contributed by atoms with E-state index in [2.05, 4.69) is 4.98 Å².